The molecule has 0 radical (unpaired) electrons. The Balaban J connectivity index is 1.89. The number of carbonyl (C=O) groups is 1. The van der Waals surface area contributed by atoms with Gasteiger partial charge in [0, 0.05) is 16.1 Å². The molecule has 0 aliphatic heterocycles. The fraction of sp³-hybridized carbons (Fsp3) is 0.0833. The van der Waals surface area contributed by atoms with Gasteiger partial charge in [0.15, 0.2) is 11.5 Å². The summed E-state index contributed by atoms with van der Waals surface area (Å²) in [5, 5.41) is 10.1. The van der Waals surface area contributed by atoms with Gasteiger partial charge in [-0.05, 0) is 52.4 Å². The maximum absolute atomic E-state index is 12.6. The van der Waals surface area contributed by atoms with Crippen LogP contribution in [0, 0.1) is 14.9 Å². The molecule has 0 atom stereocenters. The Morgan fingerprint density at radius 2 is 1.83 bits per heavy atom. The number of rotatable bonds is 7. The average Bonchev–Trinajstić information content (AvgIpc) is 2.77. The van der Waals surface area contributed by atoms with Crippen molar-refractivity contribution in [3.8, 4) is 17.6 Å². The fourth-order valence-electron chi connectivity index (χ4n) is 2.79. The molecule has 0 fully saturated rings. The zero-order valence-corrected chi connectivity index (χ0v) is 19.0. The summed E-state index contributed by atoms with van der Waals surface area (Å²) in [5.41, 5.74) is 2.04. The predicted molar refractivity (Wildman–Crippen MR) is 126 cm³/mol. The second-order valence-electron chi connectivity index (χ2n) is 6.28. The molecule has 0 aliphatic carbocycles. The van der Waals surface area contributed by atoms with Crippen LogP contribution in [0.3, 0.4) is 0 Å². The van der Waals surface area contributed by atoms with Gasteiger partial charge >= 0.3 is 0 Å². The van der Waals surface area contributed by atoms with Crippen LogP contribution in [0.4, 0.5) is 0 Å². The summed E-state index contributed by atoms with van der Waals surface area (Å²) in [4.78, 5) is 12.6. The third-order valence-corrected chi connectivity index (χ3v) is 5.46. The molecule has 0 unspecified atom stereocenters. The molecular weight excluding hydrogens is 513 g/mol. The first-order valence-electron chi connectivity index (χ1n) is 8.98. The number of hydrogen-bond acceptors (Lipinski definition) is 4. The monoisotopic (exact) mass is 529 g/mol. The van der Waals surface area contributed by atoms with Crippen molar-refractivity contribution in [1.29, 1.82) is 5.26 Å². The van der Waals surface area contributed by atoms with Gasteiger partial charge in [0.25, 0.3) is 0 Å². The minimum Gasteiger partial charge on any atom is -0.493 e. The van der Waals surface area contributed by atoms with Gasteiger partial charge in [-0.3, -0.25) is 4.79 Å². The minimum atomic E-state index is -0.328. The van der Waals surface area contributed by atoms with Crippen LogP contribution in [0.1, 0.15) is 21.5 Å². The van der Waals surface area contributed by atoms with E-state index in [9.17, 15) is 10.1 Å². The van der Waals surface area contributed by atoms with Gasteiger partial charge in [0.05, 0.1) is 10.7 Å². The maximum Gasteiger partial charge on any atom is 0.203 e. The number of benzene rings is 3. The predicted octanol–water partition coefficient (Wildman–Crippen LogP) is 6.32. The highest BCUT2D eigenvalue weighted by atomic mass is 127. The van der Waals surface area contributed by atoms with Crippen LogP contribution in [0.5, 0.6) is 11.5 Å². The van der Waals surface area contributed by atoms with Gasteiger partial charge in [-0.25, -0.2) is 0 Å². The Bertz CT molecular complexity index is 1140. The molecule has 0 aliphatic rings. The fourth-order valence-corrected chi connectivity index (χ4v) is 3.76. The van der Waals surface area contributed by atoms with Crippen LogP contribution in [-0.4, -0.2) is 12.9 Å². The number of hydrogen-bond donors (Lipinski definition) is 0. The number of carbonyl (C=O) groups excluding carboxylic acids is 1. The van der Waals surface area contributed by atoms with Crippen molar-refractivity contribution < 1.29 is 14.3 Å². The summed E-state index contributed by atoms with van der Waals surface area (Å²) in [5.74, 6) is 0.749. The van der Waals surface area contributed by atoms with Crippen LogP contribution in [0.2, 0.25) is 5.02 Å². The van der Waals surface area contributed by atoms with Crippen molar-refractivity contribution in [3.63, 3.8) is 0 Å². The van der Waals surface area contributed by atoms with E-state index in [2.05, 4.69) is 22.6 Å². The summed E-state index contributed by atoms with van der Waals surface area (Å²) in [7, 11) is 1.54. The molecule has 150 valence electrons. The average molecular weight is 530 g/mol. The second-order valence-corrected chi connectivity index (χ2v) is 7.85. The number of ketones is 1. The van der Waals surface area contributed by atoms with Gasteiger partial charge in [-0.2, -0.15) is 5.26 Å². The Hall–Kier alpha value is -2.82. The number of methoxy groups -OCH3 is 1. The molecule has 0 spiro atoms. The summed E-state index contributed by atoms with van der Waals surface area (Å²) in [6, 6.07) is 21.7. The number of Topliss-reactive ketones (excluding diaryl/α,β-unsaturated/α-hetero) is 1. The van der Waals surface area contributed by atoms with E-state index in [1.54, 1.807) is 43.5 Å². The minimum absolute atomic E-state index is 0.0452. The molecule has 3 aromatic rings. The Kier molecular flexibility index (Phi) is 7.50. The van der Waals surface area contributed by atoms with E-state index >= 15 is 0 Å². The Morgan fingerprint density at radius 1 is 1.13 bits per heavy atom. The van der Waals surface area contributed by atoms with Gasteiger partial charge in [-0.1, -0.05) is 60.1 Å². The molecule has 0 aromatic heterocycles. The first kappa shape index (κ1) is 21.9. The van der Waals surface area contributed by atoms with Gasteiger partial charge in [0.1, 0.15) is 18.2 Å². The zero-order valence-electron chi connectivity index (χ0n) is 16.1. The second kappa shape index (κ2) is 10.3. The molecule has 6 heteroatoms. The van der Waals surface area contributed by atoms with E-state index in [1.807, 2.05) is 42.5 Å². The number of nitrogens with zero attached hydrogens (tertiary/aromatic N) is 1. The lowest BCUT2D eigenvalue weighted by Gasteiger charge is -2.14. The molecule has 0 heterocycles. The van der Waals surface area contributed by atoms with E-state index in [0.717, 1.165) is 9.13 Å². The van der Waals surface area contributed by atoms with E-state index in [1.165, 1.54) is 0 Å². The van der Waals surface area contributed by atoms with Crippen molar-refractivity contribution >= 4 is 46.1 Å². The maximum atomic E-state index is 12.6. The smallest absolute Gasteiger partial charge is 0.203 e. The third-order valence-electron chi connectivity index (χ3n) is 4.29. The van der Waals surface area contributed by atoms with Crippen LogP contribution in [-0.2, 0) is 6.61 Å². The standard InChI is InChI=1S/C24H17ClINO3/c1-29-22-13-16(11-19(14-27)23(28)17-7-3-2-4-8-17)12-21(26)24(22)30-15-18-9-5-6-10-20(18)25/h2-13H,15H2,1H3. The molecule has 0 saturated carbocycles. The van der Waals surface area contributed by atoms with Gasteiger partial charge in [0.2, 0.25) is 5.78 Å². The lowest BCUT2D eigenvalue weighted by molar-refractivity contribution is 0.104. The number of allylic oxidation sites excluding steroid dienone is 1. The normalized spacial score (nSPS) is 10.9. The lowest BCUT2D eigenvalue weighted by atomic mass is 10.0. The van der Waals surface area contributed by atoms with Crippen molar-refractivity contribution in [2.45, 2.75) is 6.61 Å². The van der Waals surface area contributed by atoms with Gasteiger partial charge < -0.3 is 9.47 Å². The van der Waals surface area contributed by atoms with Crippen molar-refractivity contribution in [2.24, 2.45) is 0 Å². The first-order valence-corrected chi connectivity index (χ1v) is 10.4. The van der Waals surface area contributed by atoms with Crippen molar-refractivity contribution in [2.75, 3.05) is 7.11 Å². The zero-order chi connectivity index (χ0) is 21.5. The molecule has 3 rings (SSSR count). The van der Waals surface area contributed by atoms with Gasteiger partial charge in [-0.15, -0.1) is 0 Å². The van der Waals surface area contributed by atoms with E-state index in [0.29, 0.717) is 27.6 Å². The van der Waals surface area contributed by atoms with E-state index < -0.39 is 0 Å². The van der Waals surface area contributed by atoms with E-state index in [-0.39, 0.29) is 18.0 Å². The molecule has 0 amide bonds. The largest absolute Gasteiger partial charge is 0.493 e. The highest BCUT2D eigenvalue weighted by Gasteiger charge is 2.15. The highest BCUT2D eigenvalue weighted by Crippen LogP contribution is 2.35. The molecule has 4 nitrogen and oxygen atoms in total. The third kappa shape index (κ3) is 5.21. The van der Waals surface area contributed by atoms with Crippen LogP contribution in [0.25, 0.3) is 6.08 Å². The highest BCUT2D eigenvalue weighted by molar-refractivity contribution is 14.1. The van der Waals surface area contributed by atoms with Crippen LogP contribution < -0.4 is 9.47 Å². The molecule has 30 heavy (non-hydrogen) atoms. The van der Waals surface area contributed by atoms with Crippen LogP contribution in [0.15, 0.2) is 72.3 Å². The SMILES string of the molecule is COc1cc(C=C(C#N)C(=O)c2ccccc2)cc(I)c1OCc1ccccc1Cl. The summed E-state index contributed by atoms with van der Waals surface area (Å²) in [6.07, 6.45) is 1.55. The Labute approximate surface area is 193 Å². The lowest BCUT2D eigenvalue weighted by Crippen LogP contribution is -2.02. The molecule has 3 aromatic carbocycles. The Morgan fingerprint density at radius 3 is 2.50 bits per heavy atom. The summed E-state index contributed by atoms with van der Waals surface area (Å²) in [6.45, 7) is 0.289. The topological polar surface area (TPSA) is 59.3 Å². The number of halogens is 2. The summed E-state index contributed by atoms with van der Waals surface area (Å²) < 4.78 is 12.2. The quantitative estimate of drug-likeness (QED) is 0.155. The summed E-state index contributed by atoms with van der Waals surface area (Å²) >= 11 is 8.34. The van der Waals surface area contributed by atoms with Crippen LogP contribution >= 0.6 is 34.2 Å². The molecular formula is C24H17ClINO3. The van der Waals surface area contributed by atoms with E-state index in [4.69, 9.17) is 21.1 Å². The van der Waals surface area contributed by atoms with Crippen molar-refractivity contribution in [3.05, 3.63) is 97.6 Å². The molecule has 0 saturated heterocycles. The molecule has 0 N–H and O–H groups in total. The number of ether oxygens (including phenoxy) is 2. The first-order chi connectivity index (χ1) is 14.5. The molecule has 0 bridgehead atoms. The number of nitriles is 1. The van der Waals surface area contributed by atoms with Crippen molar-refractivity contribution in [1.82, 2.24) is 0 Å².